The van der Waals surface area contributed by atoms with Crippen LogP contribution in [0.4, 0.5) is 0 Å². The van der Waals surface area contributed by atoms with Gasteiger partial charge in [0.15, 0.2) is 0 Å². The van der Waals surface area contributed by atoms with Crippen LogP contribution in [0.2, 0.25) is 0 Å². The standard InChI is InChI=1S/C6H8N2/c1-6-2-3-7-4-5-8-6/h3-5H,2H2,1H3. The fourth-order valence-corrected chi connectivity index (χ4v) is 0.497. The molecule has 2 nitrogen and oxygen atoms in total. The van der Waals surface area contributed by atoms with Crippen molar-refractivity contribution in [3.05, 3.63) is 12.4 Å². The summed E-state index contributed by atoms with van der Waals surface area (Å²) in [6, 6.07) is 0. The molecular weight excluding hydrogens is 100 g/mol. The first-order valence-electron chi connectivity index (χ1n) is 2.59. The van der Waals surface area contributed by atoms with Gasteiger partial charge in [0.2, 0.25) is 0 Å². The van der Waals surface area contributed by atoms with Crippen LogP contribution >= 0.6 is 0 Å². The number of aliphatic imine (C=N–C) groups is 2. The summed E-state index contributed by atoms with van der Waals surface area (Å²) in [5.41, 5.74) is 1.11. The highest BCUT2D eigenvalue weighted by molar-refractivity contribution is 5.94. The largest absolute Gasteiger partial charge is 0.267 e. The van der Waals surface area contributed by atoms with Crippen molar-refractivity contribution in [3.63, 3.8) is 0 Å². The minimum Gasteiger partial charge on any atom is -0.267 e. The van der Waals surface area contributed by atoms with E-state index in [0.29, 0.717) is 0 Å². The summed E-state index contributed by atoms with van der Waals surface area (Å²) in [5.74, 6) is 0. The Labute approximate surface area is 48.7 Å². The molecule has 0 N–H and O–H groups in total. The molecule has 0 radical (unpaired) electrons. The summed E-state index contributed by atoms with van der Waals surface area (Å²) in [6.45, 7) is 1.99. The van der Waals surface area contributed by atoms with Crippen LogP contribution in [0.15, 0.2) is 22.4 Å². The van der Waals surface area contributed by atoms with Crippen LogP contribution in [0.1, 0.15) is 13.3 Å². The third-order valence-corrected chi connectivity index (χ3v) is 0.940. The fraction of sp³-hybridized carbons (Fsp3) is 0.333. The molecular formula is C6H8N2. The van der Waals surface area contributed by atoms with Crippen LogP contribution in [-0.4, -0.2) is 11.9 Å². The number of rotatable bonds is 0. The highest BCUT2D eigenvalue weighted by atomic mass is 14.8. The Bertz CT molecular complexity index is 154. The first kappa shape index (κ1) is 5.22. The van der Waals surface area contributed by atoms with Crippen molar-refractivity contribution >= 4 is 11.9 Å². The first-order chi connectivity index (χ1) is 3.89. The quantitative estimate of drug-likeness (QED) is 0.448. The molecule has 1 heterocycles. The molecule has 0 bridgehead atoms. The van der Waals surface area contributed by atoms with Crippen molar-refractivity contribution in [3.8, 4) is 0 Å². The predicted octanol–water partition coefficient (Wildman–Crippen LogP) is 1.39. The number of hydrogen-bond donors (Lipinski definition) is 0. The van der Waals surface area contributed by atoms with Crippen LogP contribution in [0.3, 0.4) is 0 Å². The molecule has 0 aromatic heterocycles. The molecule has 8 heavy (non-hydrogen) atoms. The molecule has 0 atom stereocenters. The molecule has 1 aliphatic rings. The molecule has 0 spiro atoms. The molecule has 0 fully saturated rings. The lowest BCUT2D eigenvalue weighted by Gasteiger charge is -1.84. The Hall–Kier alpha value is -0.920. The van der Waals surface area contributed by atoms with Gasteiger partial charge >= 0.3 is 0 Å². The molecule has 0 aromatic rings. The molecule has 1 rings (SSSR count). The van der Waals surface area contributed by atoms with Gasteiger partial charge in [0, 0.05) is 30.7 Å². The minimum absolute atomic E-state index is 0.882. The van der Waals surface area contributed by atoms with Gasteiger partial charge in [-0.05, 0) is 6.92 Å². The van der Waals surface area contributed by atoms with E-state index in [9.17, 15) is 0 Å². The summed E-state index contributed by atoms with van der Waals surface area (Å²) < 4.78 is 0. The molecule has 0 saturated heterocycles. The second-order valence-corrected chi connectivity index (χ2v) is 1.70. The number of nitrogens with zero attached hydrogens (tertiary/aromatic N) is 2. The van der Waals surface area contributed by atoms with Crippen molar-refractivity contribution in [1.82, 2.24) is 0 Å². The van der Waals surface area contributed by atoms with Crippen LogP contribution in [0, 0.1) is 0 Å². The second kappa shape index (κ2) is 2.40. The normalized spacial score (nSPS) is 17.9. The van der Waals surface area contributed by atoms with Crippen molar-refractivity contribution < 1.29 is 0 Å². The van der Waals surface area contributed by atoms with Crippen LogP contribution < -0.4 is 0 Å². The zero-order valence-electron chi connectivity index (χ0n) is 4.83. The molecule has 42 valence electrons. The molecule has 0 aliphatic carbocycles. The summed E-state index contributed by atoms with van der Waals surface area (Å²) in [5, 5.41) is 0. The van der Waals surface area contributed by atoms with E-state index in [-0.39, 0.29) is 0 Å². The summed E-state index contributed by atoms with van der Waals surface area (Å²) in [7, 11) is 0. The van der Waals surface area contributed by atoms with E-state index in [1.165, 1.54) is 0 Å². The summed E-state index contributed by atoms with van der Waals surface area (Å²) in [6.07, 6.45) is 6.13. The maximum absolute atomic E-state index is 4.03. The van der Waals surface area contributed by atoms with Crippen molar-refractivity contribution in [2.45, 2.75) is 13.3 Å². The van der Waals surface area contributed by atoms with Crippen molar-refractivity contribution in [2.24, 2.45) is 9.98 Å². The summed E-state index contributed by atoms with van der Waals surface area (Å²) in [4.78, 5) is 7.94. The molecule has 0 saturated carbocycles. The zero-order valence-corrected chi connectivity index (χ0v) is 4.83. The van der Waals surface area contributed by atoms with E-state index >= 15 is 0 Å². The Kier molecular flexibility index (Phi) is 1.57. The van der Waals surface area contributed by atoms with Gasteiger partial charge < -0.3 is 0 Å². The molecule has 0 amide bonds. The Balaban J connectivity index is 2.69. The van der Waals surface area contributed by atoms with Crippen LogP contribution in [0.5, 0.6) is 0 Å². The van der Waals surface area contributed by atoms with Gasteiger partial charge in [0.05, 0.1) is 0 Å². The van der Waals surface area contributed by atoms with Gasteiger partial charge in [-0.3, -0.25) is 9.98 Å². The Morgan fingerprint density at radius 1 is 1.50 bits per heavy atom. The average molecular weight is 108 g/mol. The molecule has 1 aliphatic heterocycles. The van der Waals surface area contributed by atoms with Crippen molar-refractivity contribution in [1.29, 1.82) is 0 Å². The lowest BCUT2D eigenvalue weighted by Crippen LogP contribution is -1.87. The average Bonchev–Trinajstić information content (AvgIpc) is 1.94. The molecule has 0 aromatic carbocycles. The topological polar surface area (TPSA) is 24.7 Å². The van der Waals surface area contributed by atoms with Gasteiger partial charge in [-0.1, -0.05) is 0 Å². The third kappa shape index (κ3) is 1.30. The van der Waals surface area contributed by atoms with Gasteiger partial charge in [-0.25, -0.2) is 0 Å². The number of hydrogen-bond acceptors (Lipinski definition) is 2. The van der Waals surface area contributed by atoms with E-state index in [2.05, 4.69) is 9.98 Å². The molecule has 0 unspecified atom stereocenters. The van der Waals surface area contributed by atoms with Crippen LogP contribution in [0.25, 0.3) is 0 Å². The van der Waals surface area contributed by atoms with Gasteiger partial charge in [-0.15, -0.1) is 0 Å². The van der Waals surface area contributed by atoms with E-state index in [0.717, 1.165) is 12.1 Å². The smallest absolute Gasteiger partial charge is 0.0450 e. The Morgan fingerprint density at radius 2 is 2.38 bits per heavy atom. The van der Waals surface area contributed by atoms with Crippen LogP contribution in [-0.2, 0) is 0 Å². The van der Waals surface area contributed by atoms with E-state index < -0.39 is 0 Å². The van der Waals surface area contributed by atoms with Gasteiger partial charge in [0.25, 0.3) is 0 Å². The zero-order chi connectivity index (χ0) is 5.82. The SMILES string of the molecule is CC1=NC=CN=CC1. The lowest BCUT2D eigenvalue weighted by molar-refractivity contribution is 1.47. The minimum atomic E-state index is 0.882. The lowest BCUT2D eigenvalue weighted by atomic mass is 10.3. The van der Waals surface area contributed by atoms with E-state index in [1.54, 1.807) is 12.4 Å². The maximum atomic E-state index is 4.03. The summed E-state index contributed by atoms with van der Waals surface area (Å²) >= 11 is 0. The third-order valence-electron chi connectivity index (χ3n) is 0.940. The predicted molar refractivity (Wildman–Crippen MR) is 35.4 cm³/mol. The second-order valence-electron chi connectivity index (χ2n) is 1.70. The highest BCUT2D eigenvalue weighted by Crippen LogP contribution is 1.89. The van der Waals surface area contributed by atoms with E-state index in [4.69, 9.17) is 0 Å². The first-order valence-corrected chi connectivity index (χ1v) is 2.59. The van der Waals surface area contributed by atoms with Gasteiger partial charge in [-0.2, -0.15) is 0 Å². The van der Waals surface area contributed by atoms with E-state index in [1.807, 2.05) is 13.1 Å². The van der Waals surface area contributed by atoms with Gasteiger partial charge in [0.1, 0.15) is 0 Å². The fourth-order valence-electron chi connectivity index (χ4n) is 0.497. The Morgan fingerprint density at radius 3 is 3.25 bits per heavy atom. The highest BCUT2D eigenvalue weighted by Gasteiger charge is 1.85. The monoisotopic (exact) mass is 108 g/mol. The maximum Gasteiger partial charge on any atom is 0.0450 e. The molecule has 2 heteroatoms. The van der Waals surface area contributed by atoms with Crippen molar-refractivity contribution in [2.75, 3.05) is 0 Å².